The first-order valence-corrected chi connectivity index (χ1v) is 7.36. The highest BCUT2D eigenvalue weighted by Crippen LogP contribution is 2.30. The van der Waals surface area contributed by atoms with Gasteiger partial charge in [0.25, 0.3) is 0 Å². The largest absolute Gasteiger partial charge is 0.465 e. The fourth-order valence-corrected chi connectivity index (χ4v) is 2.89. The lowest BCUT2D eigenvalue weighted by atomic mass is 9.96. The van der Waals surface area contributed by atoms with E-state index in [-0.39, 0.29) is 13.2 Å². The predicted octanol–water partition coefficient (Wildman–Crippen LogP) is 3.11. The van der Waals surface area contributed by atoms with E-state index in [2.05, 4.69) is 0 Å². The number of benzene rings is 1. The second-order valence-electron chi connectivity index (χ2n) is 4.12. The van der Waals surface area contributed by atoms with E-state index in [0.29, 0.717) is 5.56 Å². The highest BCUT2D eigenvalue weighted by molar-refractivity contribution is 7.17. The number of esters is 2. The summed E-state index contributed by atoms with van der Waals surface area (Å²) in [5.74, 6) is -2.15. The molecule has 1 aromatic heterocycles. The van der Waals surface area contributed by atoms with Gasteiger partial charge in [0.1, 0.15) is 0 Å². The molecule has 0 amide bonds. The molecular formula is C15H16O4S. The molecule has 2 rings (SSSR count). The summed E-state index contributed by atoms with van der Waals surface area (Å²) in [6.45, 7) is 3.89. The Morgan fingerprint density at radius 1 is 1.10 bits per heavy atom. The van der Waals surface area contributed by atoms with Crippen molar-refractivity contribution in [1.29, 1.82) is 0 Å². The molecule has 0 aliphatic rings. The van der Waals surface area contributed by atoms with Crippen LogP contribution >= 0.6 is 11.3 Å². The van der Waals surface area contributed by atoms with Crippen LogP contribution in [-0.4, -0.2) is 25.2 Å². The Morgan fingerprint density at radius 3 is 2.35 bits per heavy atom. The van der Waals surface area contributed by atoms with Crippen molar-refractivity contribution in [2.75, 3.05) is 13.2 Å². The molecule has 0 unspecified atom stereocenters. The van der Waals surface area contributed by atoms with Crippen molar-refractivity contribution < 1.29 is 19.1 Å². The van der Waals surface area contributed by atoms with Crippen LogP contribution in [0.5, 0.6) is 0 Å². The summed E-state index contributed by atoms with van der Waals surface area (Å²) in [6, 6.07) is 7.46. The van der Waals surface area contributed by atoms with Crippen LogP contribution in [0.2, 0.25) is 0 Å². The molecule has 1 heterocycles. The first-order chi connectivity index (χ1) is 9.69. The van der Waals surface area contributed by atoms with E-state index in [4.69, 9.17) is 9.47 Å². The summed E-state index contributed by atoms with van der Waals surface area (Å²) >= 11 is 1.56. The molecule has 0 saturated heterocycles. The third-order valence-electron chi connectivity index (χ3n) is 2.89. The van der Waals surface area contributed by atoms with Gasteiger partial charge in [0.15, 0.2) is 5.92 Å². The zero-order chi connectivity index (χ0) is 14.5. The molecule has 2 aromatic rings. The van der Waals surface area contributed by atoms with E-state index in [1.807, 2.05) is 23.6 Å². The normalized spacial score (nSPS) is 10.8. The van der Waals surface area contributed by atoms with Crippen LogP contribution in [0.4, 0.5) is 0 Å². The van der Waals surface area contributed by atoms with Gasteiger partial charge in [-0.05, 0) is 42.3 Å². The number of rotatable bonds is 5. The highest BCUT2D eigenvalue weighted by Gasteiger charge is 2.32. The van der Waals surface area contributed by atoms with Crippen LogP contribution in [0.15, 0.2) is 29.6 Å². The Kier molecular flexibility index (Phi) is 4.74. The highest BCUT2D eigenvalue weighted by atomic mass is 32.1. The molecule has 0 fully saturated rings. The standard InChI is InChI=1S/C15H16O4S/c1-3-18-14(16)13(15(17)19-4-2)11-6-5-7-12-10(11)8-9-20-12/h5-9,13H,3-4H2,1-2H3. The minimum Gasteiger partial charge on any atom is -0.465 e. The van der Waals surface area contributed by atoms with Crippen molar-refractivity contribution in [2.45, 2.75) is 19.8 Å². The van der Waals surface area contributed by atoms with Crippen LogP contribution in [0.1, 0.15) is 25.3 Å². The second-order valence-corrected chi connectivity index (χ2v) is 5.06. The maximum absolute atomic E-state index is 12.1. The quantitative estimate of drug-likeness (QED) is 0.627. The summed E-state index contributed by atoms with van der Waals surface area (Å²) in [5, 5.41) is 2.82. The van der Waals surface area contributed by atoms with Gasteiger partial charge >= 0.3 is 11.9 Å². The molecule has 20 heavy (non-hydrogen) atoms. The molecule has 0 aliphatic carbocycles. The van der Waals surface area contributed by atoms with E-state index in [1.54, 1.807) is 31.3 Å². The number of thiophene rings is 1. The number of fused-ring (bicyclic) bond motifs is 1. The van der Waals surface area contributed by atoms with Crippen LogP contribution in [0.3, 0.4) is 0 Å². The van der Waals surface area contributed by atoms with E-state index in [9.17, 15) is 9.59 Å². The van der Waals surface area contributed by atoms with E-state index in [1.165, 1.54) is 0 Å². The van der Waals surface area contributed by atoms with Gasteiger partial charge in [-0.1, -0.05) is 12.1 Å². The molecule has 0 aliphatic heterocycles. The molecule has 0 spiro atoms. The molecule has 5 heteroatoms. The summed E-state index contributed by atoms with van der Waals surface area (Å²) < 4.78 is 11.1. The van der Waals surface area contributed by atoms with Crippen molar-refractivity contribution in [3.8, 4) is 0 Å². The Morgan fingerprint density at radius 2 is 1.75 bits per heavy atom. The zero-order valence-electron chi connectivity index (χ0n) is 11.4. The molecule has 1 aromatic carbocycles. The van der Waals surface area contributed by atoms with Gasteiger partial charge in [0.05, 0.1) is 13.2 Å². The van der Waals surface area contributed by atoms with Gasteiger partial charge in [-0.25, -0.2) is 0 Å². The Labute approximate surface area is 121 Å². The van der Waals surface area contributed by atoms with Crippen molar-refractivity contribution >= 4 is 33.4 Å². The van der Waals surface area contributed by atoms with Crippen LogP contribution in [0.25, 0.3) is 10.1 Å². The Balaban J connectivity index is 2.47. The monoisotopic (exact) mass is 292 g/mol. The molecule has 0 atom stereocenters. The Hall–Kier alpha value is -1.88. The molecule has 0 saturated carbocycles. The van der Waals surface area contributed by atoms with Gasteiger partial charge in [-0.2, -0.15) is 0 Å². The van der Waals surface area contributed by atoms with Crippen molar-refractivity contribution in [1.82, 2.24) is 0 Å². The first kappa shape index (κ1) is 14.5. The van der Waals surface area contributed by atoms with Gasteiger partial charge in [0, 0.05) is 4.70 Å². The fraction of sp³-hybridized carbons (Fsp3) is 0.333. The lowest BCUT2D eigenvalue weighted by molar-refractivity contribution is -0.156. The lowest BCUT2D eigenvalue weighted by Gasteiger charge is -2.15. The third-order valence-corrected chi connectivity index (χ3v) is 3.77. The van der Waals surface area contributed by atoms with Crippen LogP contribution in [-0.2, 0) is 19.1 Å². The van der Waals surface area contributed by atoms with E-state index < -0.39 is 17.9 Å². The first-order valence-electron chi connectivity index (χ1n) is 6.48. The summed E-state index contributed by atoms with van der Waals surface area (Å²) in [5.41, 5.74) is 0.639. The molecule has 0 bridgehead atoms. The molecule has 0 N–H and O–H groups in total. The summed E-state index contributed by atoms with van der Waals surface area (Å²) in [4.78, 5) is 24.2. The van der Waals surface area contributed by atoms with Crippen molar-refractivity contribution in [2.24, 2.45) is 0 Å². The zero-order valence-corrected chi connectivity index (χ0v) is 12.2. The molecule has 4 nitrogen and oxygen atoms in total. The van der Waals surface area contributed by atoms with Crippen molar-refractivity contribution in [3.05, 3.63) is 35.2 Å². The second kappa shape index (κ2) is 6.52. The number of hydrogen-bond acceptors (Lipinski definition) is 5. The minimum absolute atomic E-state index is 0.231. The minimum atomic E-state index is -1.02. The van der Waals surface area contributed by atoms with Crippen LogP contribution in [0, 0.1) is 0 Å². The molecular weight excluding hydrogens is 276 g/mol. The van der Waals surface area contributed by atoms with Crippen molar-refractivity contribution in [3.63, 3.8) is 0 Å². The molecule has 106 valence electrons. The fourth-order valence-electron chi connectivity index (χ4n) is 2.07. The average Bonchev–Trinajstić information content (AvgIpc) is 2.89. The SMILES string of the molecule is CCOC(=O)C(C(=O)OCC)c1cccc2sccc12. The smallest absolute Gasteiger partial charge is 0.324 e. The van der Waals surface area contributed by atoms with Gasteiger partial charge < -0.3 is 9.47 Å². The predicted molar refractivity (Wildman–Crippen MR) is 77.8 cm³/mol. The summed E-state index contributed by atoms with van der Waals surface area (Å²) in [6.07, 6.45) is 0. The lowest BCUT2D eigenvalue weighted by Crippen LogP contribution is -2.26. The average molecular weight is 292 g/mol. The van der Waals surface area contributed by atoms with Gasteiger partial charge in [-0.15, -0.1) is 11.3 Å². The van der Waals surface area contributed by atoms with Gasteiger partial charge in [-0.3, -0.25) is 9.59 Å². The number of carbonyl (C=O) groups excluding carboxylic acids is 2. The van der Waals surface area contributed by atoms with Crippen LogP contribution < -0.4 is 0 Å². The maximum Gasteiger partial charge on any atom is 0.324 e. The number of carbonyl (C=O) groups is 2. The Bertz CT molecular complexity index is 599. The third kappa shape index (κ3) is 2.82. The maximum atomic E-state index is 12.1. The van der Waals surface area contributed by atoms with E-state index >= 15 is 0 Å². The number of ether oxygens (including phenoxy) is 2. The van der Waals surface area contributed by atoms with E-state index in [0.717, 1.165) is 10.1 Å². The van der Waals surface area contributed by atoms with Gasteiger partial charge in [0.2, 0.25) is 0 Å². The number of hydrogen-bond donors (Lipinski definition) is 0. The molecule has 0 radical (unpaired) electrons. The topological polar surface area (TPSA) is 52.6 Å². The summed E-state index contributed by atoms with van der Waals surface area (Å²) in [7, 11) is 0.